The molecule has 3 heterocycles. The first-order chi connectivity index (χ1) is 16.4. The van der Waals surface area contributed by atoms with Gasteiger partial charge in [0.1, 0.15) is 11.3 Å². The molecule has 2 aromatic carbocycles. The van der Waals surface area contributed by atoms with Crippen LogP contribution in [0.2, 0.25) is 5.02 Å². The lowest BCUT2D eigenvalue weighted by Crippen LogP contribution is -2.14. The Morgan fingerprint density at radius 3 is 2.62 bits per heavy atom. The Balaban J connectivity index is 0.000000398. The number of hydrogen-bond acceptors (Lipinski definition) is 9. The monoisotopic (exact) mass is 503 g/mol. The van der Waals surface area contributed by atoms with Gasteiger partial charge in [-0.2, -0.15) is 9.97 Å². The fraction of sp³-hybridized carbons (Fsp3) is 0.348. The lowest BCUT2D eigenvalue weighted by atomic mass is 10.0. The van der Waals surface area contributed by atoms with Crippen molar-refractivity contribution in [3.63, 3.8) is 0 Å². The van der Waals surface area contributed by atoms with Gasteiger partial charge in [0.2, 0.25) is 0 Å². The Bertz CT molecular complexity index is 1310. The zero-order valence-electron chi connectivity index (χ0n) is 19.1. The third-order valence-electron chi connectivity index (χ3n) is 5.51. The number of ether oxygens (including phenoxy) is 1. The van der Waals surface area contributed by atoms with Gasteiger partial charge in [-0.1, -0.05) is 29.0 Å². The normalized spacial score (nSPS) is 13.8. The van der Waals surface area contributed by atoms with Crippen molar-refractivity contribution in [3.8, 4) is 17.1 Å². The molecule has 8 nitrogen and oxygen atoms in total. The van der Waals surface area contributed by atoms with Gasteiger partial charge in [-0.3, -0.25) is 0 Å². The number of benzene rings is 2. The van der Waals surface area contributed by atoms with Crippen molar-refractivity contribution >= 4 is 55.0 Å². The number of likely N-dealkylation sites (tertiary alicyclic amines) is 1. The second-order valence-electron chi connectivity index (χ2n) is 7.96. The van der Waals surface area contributed by atoms with Crippen molar-refractivity contribution in [2.45, 2.75) is 12.8 Å². The molecule has 0 bridgehead atoms. The van der Waals surface area contributed by atoms with E-state index < -0.39 is 5.82 Å². The number of halogens is 2. The third kappa shape index (κ3) is 5.15. The quantitative estimate of drug-likeness (QED) is 0.367. The van der Waals surface area contributed by atoms with E-state index in [0.717, 1.165) is 10.2 Å². The maximum absolute atomic E-state index is 15.5. The van der Waals surface area contributed by atoms with Gasteiger partial charge in [0, 0.05) is 24.0 Å². The van der Waals surface area contributed by atoms with Crippen LogP contribution in [0.3, 0.4) is 0 Å². The summed E-state index contributed by atoms with van der Waals surface area (Å²) in [5.41, 5.74) is 13.0. The maximum atomic E-state index is 15.5. The first kappa shape index (κ1) is 24.3. The number of nitrogens with one attached hydrogen (secondary N) is 1. The Morgan fingerprint density at radius 1 is 1.21 bits per heavy atom. The van der Waals surface area contributed by atoms with Gasteiger partial charge in [-0.05, 0) is 56.7 Å². The van der Waals surface area contributed by atoms with Crippen LogP contribution >= 0.6 is 22.9 Å². The predicted molar refractivity (Wildman–Crippen MR) is 138 cm³/mol. The molecule has 180 valence electrons. The van der Waals surface area contributed by atoms with Crippen LogP contribution in [0, 0.1) is 5.82 Å². The molecule has 5 rings (SSSR count). The summed E-state index contributed by atoms with van der Waals surface area (Å²) in [7, 11) is 3.59. The number of thiazole rings is 1. The minimum atomic E-state index is -0.559. The predicted octanol–water partition coefficient (Wildman–Crippen LogP) is 4.37. The standard InChI is InChI=1S/C18H16ClFN6OS.C5H11N/c1-27-18-25-15-9(16(26-18)23-5-4-21)7-10(19)13(14(15)20)8-2-3-11-12(6-8)28-17(22)24-11;1-6-4-2-3-5-6/h2-3,6-7H,4-5,21H2,1H3,(H2,22,24)(H,23,25,26);2-5H2,1H3. The van der Waals surface area contributed by atoms with Crippen LogP contribution in [0.1, 0.15) is 12.8 Å². The molecule has 0 saturated carbocycles. The summed E-state index contributed by atoms with van der Waals surface area (Å²) in [5.74, 6) is -0.152. The Kier molecular flexibility index (Phi) is 7.62. The van der Waals surface area contributed by atoms with E-state index in [2.05, 4.69) is 32.2 Å². The molecule has 5 N–H and O–H groups in total. The summed E-state index contributed by atoms with van der Waals surface area (Å²) in [6, 6.07) is 7.03. The van der Waals surface area contributed by atoms with E-state index in [-0.39, 0.29) is 22.1 Å². The smallest absolute Gasteiger partial charge is 0.318 e. The molecule has 1 fully saturated rings. The van der Waals surface area contributed by atoms with Gasteiger partial charge in [0.25, 0.3) is 0 Å². The number of anilines is 2. The van der Waals surface area contributed by atoms with E-state index in [4.69, 9.17) is 27.8 Å². The Morgan fingerprint density at radius 2 is 1.97 bits per heavy atom. The number of hydrogen-bond donors (Lipinski definition) is 3. The fourth-order valence-corrected chi connectivity index (χ4v) is 4.90. The molecule has 0 amide bonds. The molecule has 1 aliphatic rings. The van der Waals surface area contributed by atoms with E-state index in [9.17, 15) is 0 Å². The molecule has 11 heteroatoms. The second-order valence-corrected chi connectivity index (χ2v) is 9.43. The molecule has 0 aliphatic carbocycles. The van der Waals surface area contributed by atoms with Gasteiger partial charge in [-0.25, -0.2) is 9.37 Å². The van der Waals surface area contributed by atoms with Gasteiger partial charge in [-0.15, -0.1) is 0 Å². The van der Waals surface area contributed by atoms with Crippen molar-refractivity contribution in [2.24, 2.45) is 5.73 Å². The van der Waals surface area contributed by atoms with Crippen molar-refractivity contribution in [2.75, 3.05) is 51.4 Å². The highest BCUT2D eigenvalue weighted by Crippen LogP contribution is 2.39. The highest BCUT2D eigenvalue weighted by Gasteiger charge is 2.20. The zero-order chi connectivity index (χ0) is 24.2. The number of nitrogen functional groups attached to an aromatic ring is 1. The van der Waals surface area contributed by atoms with E-state index in [1.807, 2.05) is 6.07 Å². The molecule has 0 atom stereocenters. The number of fused-ring (bicyclic) bond motifs is 2. The number of methoxy groups -OCH3 is 1. The van der Waals surface area contributed by atoms with E-state index in [1.165, 1.54) is 44.4 Å². The molecule has 0 radical (unpaired) electrons. The molecule has 2 aromatic heterocycles. The van der Waals surface area contributed by atoms with Crippen molar-refractivity contribution in [1.82, 2.24) is 19.9 Å². The van der Waals surface area contributed by atoms with E-state index >= 15 is 4.39 Å². The number of nitrogens with two attached hydrogens (primary N) is 2. The molecule has 0 unspecified atom stereocenters. The summed E-state index contributed by atoms with van der Waals surface area (Å²) >= 11 is 7.79. The average Bonchev–Trinajstić information content (AvgIpc) is 3.45. The average molecular weight is 504 g/mol. The lowest BCUT2D eigenvalue weighted by Gasteiger charge is -2.13. The molecular weight excluding hydrogens is 477 g/mol. The fourth-order valence-electron chi connectivity index (χ4n) is 3.83. The van der Waals surface area contributed by atoms with Crippen molar-refractivity contribution in [1.29, 1.82) is 0 Å². The molecule has 4 aromatic rings. The summed E-state index contributed by atoms with van der Waals surface area (Å²) in [4.78, 5) is 15.0. The van der Waals surface area contributed by atoms with Crippen LogP contribution in [0.5, 0.6) is 6.01 Å². The van der Waals surface area contributed by atoms with E-state index in [0.29, 0.717) is 35.0 Å². The summed E-state index contributed by atoms with van der Waals surface area (Å²) in [6.07, 6.45) is 2.83. The van der Waals surface area contributed by atoms with Crippen molar-refractivity contribution in [3.05, 3.63) is 35.1 Å². The molecule has 1 saturated heterocycles. The van der Waals surface area contributed by atoms with Crippen LogP contribution in [0.25, 0.3) is 32.2 Å². The largest absolute Gasteiger partial charge is 0.467 e. The minimum Gasteiger partial charge on any atom is -0.467 e. The summed E-state index contributed by atoms with van der Waals surface area (Å²) in [6.45, 7) is 3.49. The van der Waals surface area contributed by atoms with Gasteiger partial charge >= 0.3 is 6.01 Å². The zero-order valence-corrected chi connectivity index (χ0v) is 20.6. The highest BCUT2D eigenvalue weighted by atomic mass is 35.5. The number of aromatic nitrogens is 3. The van der Waals surface area contributed by atoms with Crippen LogP contribution in [0.15, 0.2) is 24.3 Å². The first-order valence-corrected chi connectivity index (χ1v) is 12.1. The topological polar surface area (TPSA) is 115 Å². The Labute approximate surface area is 206 Å². The minimum absolute atomic E-state index is 0.0462. The lowest BCUT2D eigenvalue weighted by molar-refractivity contribution is 0.382. The highest BCUT2D eigenvalue weighted by molar-refractivity contribution is 7.22. The van der Waals surface area contributed by atoms with Crippen LogP contribution in [-0.4, -0.2) is 60.2 Å². The second kappa shape index (κ2) is 10.6. The SMILES string of the molecule is CN1CCCC1.COc1nc(NCCN)c2cc(Cl)c(-c3ccc4nc(N)sc4c3)c(F)c2n1. The van der Waals surface area contributed by atoms with Crippen LogP contribution < -0.4 is 21.5 Å². The van der Waals surface area contributed by atoms with Crippen molar-refractivity contribution < 1.29 is 9.13 Å². The van der Waals surface area contributed by atoms with E-state index in [1.54, 1.807) is 18.2 Å². The van der Waals surface area contributed by atoms with Gasteiger partial charge in [0.15, 0.2) is 10.9 Å². The van der Waals surface area contributed by atoms with Crippen LogP contribution in [-0.2, 0) is 0 Å². The Hall–Kier alpha value is -2.79. The first-order valence-electron chi connectivity index (χ1n) is 10.9. The molecule has 34 heavy (non-hydrogen) atoms. The van der Waals surface area contributed by atoms with Gasteiger partial charge < -0.3 is 26.4 Å². The summed E-state index contributed by atoms with van der Waals surface area (Å²) < 4.78 is 21.5. The summed E-state index contributed by atoms with van der Waals surface area (Å²) in [5, 5.41) is 4.19. The molecule has 1 aliphatic heterocycles. The number of rotatable bonds is 5. The third-order valence-corrected chi connectivity index (χ3v) is 6.65. The molecular formula is C23H27ClFN7OS. The molecule has 0 spiro atoms. The van der Waals surface area contributed by atoms with Gasteiger partial charge in [0.05, 0.1) is 22.3 Å². The van der Waals surface area contributed by atoms with Crippen LogP contribution in [0.4, 0.5) is 15.3 Å². The number of nitrogens with zero attached hydrogens (tertiary/aromatic N) is 4. The maximum Gasteiger partial charge on any atom is 0.318 e.